The zero-order chi connectivity index (χ0) is 18.9. The van der Waals surface area contributed by atoms with Gasteiger partial charge in [0.15, 0.2) is 0 Å². The molecule has 1 atom stereocenters. The largest absolute Gasteiger partial charge is 0.376 e. The first-order valence-electron chi connectivity index (χ1n) is 9.84. The van der Waals surface area contributed by atoms with E-state index in [2.05, 4.69) is 35.3 Å². The summed E-state index contributed by atoms with van der Waals surface area (Å²) in [6.07, 6.45) is 7.68. The molecule has 1 saturated heterocycles. The molecule has 28 heavy (non-hydrogen) atoms. The van der Waals surface area contributed by atoms with Crippen molar-refractivity contribution in [1.82, 2.24) is 4.98 Å². The van der Waals surface area contributed by atoms with Crippen LogP contribution in [0.1, 0.15) is 33.6 Å². The Morgan fingerprint density at radius 3 is 2.79 bits per heavy atom. The Hall–Kier alpha value is -2.50. The minimum Gasteiger partial charge on any atom is -0.376 e. The Balaban J connectivity index is 1.49. The molecule has 0 unspecified atom stereocenters. The first-order chi connectivity index (χ1) is 13.8. The highest BCUT2D eigenvalue weighted by Gasteiger charge is 2.28. The molecule has 5 heteroatoms. The number of hydrogen-bond acceptors (Lipinski definition) is 4. The Labute approximate surface area is 168 Å². The Kier molecular flexibility index (Phi) is 4.71. The smallest absolute Gasteiger partial charge is 0.268 e. The molecule has 2 aromatic heterocycles. The fourth-order valence-electron chi connectivity index (χ4n) is 4.13. The molecule has 1 fully saturated rings. The number of nitrogens with zero attached hydrogens (tertiary/aromatic N) is 2. The lowest BCUT2D eigenvalue weighted by Crippen LogP contribution is -2.37. The molecule has 0 spiro atoms. The van der Waals surface area contributed by atoms with Crippen molar-refractivity contribution in [2.24, 2.45) is 0 Å². The first-order valence-corrected chi connectivity index (χ1v) is 10.7. The molecular formula is C23H22N2O2S. The zero-order valence-corrected chi connectivity index (χ0v) is 16.5. The van der Waals surface area contributed by atoms with Gasteiger partial charge in [-0.05, 0) is 60.6 Å². The summed E-state index contributed by atoms with van der Waals surface area (Å²) in [6.45, 7) is 1.37. The number of carbonyl (C=O) groups is 1. The van der Waals surface area contributed by atoms with Gasteiger partial charge in [0.25, 0.3) is 5.91 Å². The summed E-state index contributed by atoms with van der Waals surface area (Å²) in [6, 6.07) is 14.4. The van der Waals surface area contributed by atoms with E-state index in [0.29, 0.717) is 6.54 Å². The van der Waals surface area contributed by atoms with Crippen LogP contribution in [0.5, 0.6) is 0 Å². The maximum absolute atomic E-state index is 13.5. The number of aromatic nitrogens is 1. The normalized spacial score (nSPS) is 17.8. The molecule has 2 aliphatic rings. The maximum Gasteiger partial charge on any atom is 0.268 e. The van der Waals surface area contributed by atoms with Crippen LogP contribution >= 0.6 is 11.3 Å². The third-order valence-electron chi connectivity index (χ3n) is 5.58. The summed E-state index contributed by atoms with van der Waals surface area (Å²) in [4.78, 5) is 21.5. The van der Waals surface area contributed by atoms with Crippen LogP contribution in [0.15, 0.2) is 54.9 Å². The van der Waals surface area contributed by atoms with Crippen LogP contribution in [0.25, 0.3) is 10.4 Å². The number of fused-ring (bicyclic) bond motifs is 3. The van der Waals surface area contributed by atoms with E-state index in [4.69, 9.17) is 4.74 Å². The van der Waals surface area contributed by atoms with Gasteiger partial charge >= 0.3 is 0 Å². The van der Waals surface area contributed by atoms with E-state index >= 15 is 0 Å². The molecule has 3 heterocycles. The lowest BCUT2D eigenvalue weighted by atomic mass is 9.91. The van der Waals surface area contributed by atoms with Crippen LogP contribution in [0.4, 0.5) is 5.69 Å². The van der Waals surface area contributed by atoms with Gasteiger partial charge in [-0.1, -0.05) is 24.3 Å². The standard InChI is InChI=1S/C23H22N2O2S/c26-23(25(15-19-5-3-13-27-19)18-9-11-24-12-10-18)21-14-17-8-7-16-4-1-2-6-20(16)22(17)28-21/h1-2,4,6,9-12,14,19H,3,5,7-8,13,15H2/t19-/m0/s1. The number of aryl methyl sites for hydroxylation is 2. The fraction of sp³-hybridized carbons (Fsp3) is 0.304. The van der Waals surface area contributed by atoms with Gasteiger partial charge in [-0.25, -0.2) is 0 Å². The number of amides is 1. The summed E-state index contributed by atoms with van der Waals surface area (Å²) in [7, 11) is 0. The topological polar surface area (TPSA) is 42.4 Å². The van der Waals surface area contributed by atoms with Gasteiger partial charge < -0.3 is 9.64 Å². The second kappa shape index (κ2) is 7.49. The number of carbonyl (C=O) groups excluding carboxylic acids is 1. The second-order valence-electron chi connectivity index (χ2n) is 7.38. The van der Waals surface area contributed by atoms with E-state index < -0.39 is 0 Å². The molecule has 3 aromatic rings. The third-order valence-corrected chi connectivity index (χ3v) is 6.77. The van der Waals surface area contributed by atoms with Crippen LogP contribution in [0.2, 0.25) is 0 Å². The highest BCUT2D eigenvalue weighted by molar-refractivity contribution is 7.17. The minimum absolute atomic E-state index is 0.0542. The van der Waals surface area contributed by atoms with Crippen LogP contribution in [-0.4, -0.2) is 30.1 Å². The van der Waals surface area contributed by atoms with Gasteiger partial charge in [0.1, 0.15) is 0 Å². The molecule has 0 saturated carbocycles. The van der Waals surface area contributed by atoms with Crippen LogP contribution in [0, 0.1) is 0 Å². The molecule has 1 aliphatic heterocycles. The van der Waals surface area contributed by atoms with Crippen molar-refractivity contribution in [3.05, 3.63) is 70.9 Å². The molecule has 0 bridgehead atoms. The van der Waals surface area contributed by atoms with E-state index in [1.54, 1.807) is 23.7 Å². The van der Waals surface area contributed by atoms with Crippen molar-refractivity contribution in [1.29, 1.82) is 0 Å². The second-order valence-corrected chi connectivity index (χ2v) is 8.43. The Morgan fingerprint density at radius 1 is 1.14 bits per heavy atom. The number of benzene rings is 1. The minimum atomic E-state index is 0.0542. The number of anilines is 1. The zero-order valence-electron chi connectivity index (χ0n) is 15.6. The number of thiophene rings is 1. The van der Waals surface area contributed by atoms with Gasteiger partial charge in [-0.2, -0.15) is 0 Å². The van der Waals surface area contributed by atoms with Crippen LogP contribution < -0.4 is 4.90 Å². The number of ether oxygens (including phenoxy) is 1. The first kappa shape index (κ1) is 17.6. The average Bonchev–Trinajstić information content (AvgIpc) is 3.42. The van der Waals surface area contributed by atoms with Crippen molar-refractivity contribution in [2.75, 3.05) is 18.1 Å². The number of pyridine rings is 1. The van der Waals surface area contributed by atoms with Crippen molar-refractivity contribution in [3.8, 4) is 10.4 Å². The molecule has 4 nitrogen and oxygen atoms in total. The molecule has 142 valence electrons. The van der Waals surface area contributed by atoms with E-state index in [1.807, 2.05) is 17.0 Å². The molecule has 1 amide bonds. The van der Waals surface area contributed by atoms with E-state index in [-0.39, 0.29) is 12.0 Å². The van der Waals surface area contributed by atoms with Crippen molar-refractivity contribution < 1.29 is 9.53 Å². The Morgan fingerprint density at radius 2 is 1.96 bits per heavy atom. The molecule has 1 aliphatic carbocycles. The monoisotopic (exact) mass is 390 g/mol. The van der Waals surface area contributed by atoms with Crippen LogP contribution in [-0.2, 0) is 17.6 Å². The summed E-state index contributed by atoms with van der Waals surface area (Å²) in [5, 5.41) is 0. The predicted molar refractivity (Wildman–Crippen MR) is 112 cm³/mol. The average molecular weight is 391 g/mol. The summed E-state index contributed by atoms with van der Waals surface area (Å²) in [5.41, 5.74) is 4.82. The fourth-order valence-corrected chi connectivity index (χ4v) is 5.35. The maximum atomic E-state index is 13.5. The molecule has 0 radical (unpaired) electrons. The van der Waals surface area contributed by atoms with Gasteiger partial charge in [0.05, 0.1) is 17.5 Å². The van der Waals surface area contributed by atoms with Crippen molar-refractivity contribution >= 4 is 22.9 Å². The highest BCUT2D eigenvalue weighted by atomic mass is 32.1. The van der Waals surface area contributed by atoms with Gasteiger partial charge in [-0.15, -0.1) is 11.3 Å². The molecule has 0 N–H and O–H groups in total. The SMILES string of the molecule is O=C(c1cc2c(s1)-c1ccccc1CC2)N(C[C@@H]1CCCO1)c1ccncc1. The highest BCUT2D eigenvalue weighted by Crippen LogP contribution is 2.40. The third kappa shape index (κ3) is 3.25. The van der Waals surface area contributed by atoms with E-state index in [9.17, 15) is 4.79 Å². The Bertz CT molecular complexity index is 993. The summed E-state index contributed by atoms with van der Waals surface area (Å²) >= 11 is 1.62. The van der Waals surface area contributed by atoms with E-state index in [1.165, 1.54) is 21.6 Å². The van der Waals surface area contributed by atoms with Crippen molar-refractivity contribution in [3.63, 3.8) is 0 Å². The quantitative estimate of drug-likeness (QED) is 0.646. The van der Waals surface area contributed by atoms with Crippen LogP contribution in [0.3, 0.4) is 0 Å². The number of hydrogen-bond donors (Lipinski definition) is 0. The molecular weight excluding hydrogens is 368 g/mol. The van der Waals surface area contributed by atoms with Gasteiger partial charge in [-0.3, -0.25) is 9.78 Å². The lowest BCUT2D eigenvalue weighted by Gasteiger charge is -2.25. The summed E-state index contributed by atoms with van der Waals surface area (Å²) in [5.74, 6) is 0.0542. The lowest BCUT2D eigenvalue weighted by molar-refractivity contribution is 0.0920. The predicted octanol–water partition coefficient (Wildman–Crippen LogP) is 4.73. The summed E-state index contributed by atoms with van der Waals surface area (Å²) < 4.78 is 5.81. The van der Waals surface area contributed by atoms with Gasteiger partial charge in [0, 0.05) is 29.6 Å². The van der Waals surface area contributed by atoms with E-state index in [0.717, 1.165) is 42.9 Å². The number of rotatable bonds is 4. The molecule has 5 rings (SSSR count). The van der Waals surface area contributed by atoms with Gasteiger partial charge in [0.2, 0.25) is 0 Å². The van der Waals surface area contributed by atoms with Crippen molar-refractivity contribution in [2.45, 2.75) is 31.8 Å². The molecule has 1 aromatic carbocycles.